The van der Waals surface area contributed by atoms with E-state index >= 15 is 0 Å². The minimum absolute atomic E-state index is 0.327. The van der Waals surface area contributed by atoms with Gasteiger partial charge in [-0.25, -0.2) is 0 Å². The highest BCUT2D eigenvalue weighted by molar-refractivity contribution is 5.39. The van der Waals surface area contributed by atoms with Crippen LogP contribution in [0.15, 0.2) is 18.2 Å². The predicted octanol–water partition coefficient (Wildman–Crippen LogP) is 2.45. The molecule has 122 valence electrons. The first-order valence-electron chi connectivity index (χ1n) is 8.42. The molecule has 0 bridgehead atoms. The van der Waals surface area contributed by atoms with Crippen LogP contribution in [0.5, 0.6) is 5.75 Å². The molecule has 0 saturated heterocycles. The lowest BCUT2D eigenvalue weighted by Gasteiger charge is -2.28. The topological polar surface area (TPSA) is 50.7 Å². The Morgan fingerprint density at radius 3 is 2.95 bits per heavy atom. The molecule has 1 aromatic rings. The van der Waals surface area contributed by atoms with E-state index in [0.29, 0.717) is 19.2 Å². The molecule has 3 rings (SSSR count). The van der Waals surface area contributed by atoms with Crippen LogP contribution in [-0.2, 0) is 11.2 Å². The fraction of sp³-hybridized carbons (Fsp3) is 0.667. The summed E-state index contributed by atoms with van der Waals surface area (Å²) in [6.45, 7) is 1.83. The van der Waals surface area contributed by atoms with Crippen molar-refractivity contribution in [3.63, 3.8) is 0 Å². The maximum atomic E-state index is 10.0. The second kappa shape index (κ2) is 7.44. The molecular formula is C18H27NO3. The van der Waals surface area contributed by atoms with Gasteiger partial charge >= 0.3 is 0 Å². The highest BCUT2D eigenvalue weighted by Gasteiger charge is 2.23. The molecule has 0 aliphatic heterocycles. The SMILES string of the molecule is COc1ccc2c(c1)CCCC2NCC(O)COCC1CC1. The number of ether oxygens (including phenoxy) is 2. The number of rotatable bonds is 8. The van der Waals surface area contributed by atoms with E-state index in [1.165, 1.54) is 30.4 Å². The van der Waals surface area contributed by atoms with E-state index in [2.05, 4.69) is 17.4 Å². The Bertz CT molecular complexity index is 487. The Morgan fingerprint density at radius 1 is 1.32 bits per heavy atom. The zero-order chi connectivity index (χ0) is 15.4. The van der Waals surface area contributed by atoms with E-state index in [-0.39, 0.29) is 0 Å². The number of aliphatic hydroxyl groups is 1. The summed E-state index contributed by atoms with van der Waals surface area (Å²) in [6, 6.07) is 6.64. The van der Waals surface area contributed by atoms with Crippen molar-refractivity contribution in [2.75, 3.05) is 26.9 Å². The number of aryl methyl sites for hydroxylation is 1. The summed E-state index contributed by atoms with van der Waals surface area (Å²) in [7, 11) is 1.71. The standard InChI is InChI=1S/C18H27NO3/c1-21-16-7-8-17-14(9-16)3-2-4-18(17)19-10-15(20)12-22-11-13-5-6-13/h7-9,13,15,18-20H,2-6,10-12H2,1H3. The van der Waals surface area contributed by atoms with Crippen LogP contribution in [0.1, 0.15) is 42.9 Å². The largest absolute Gasteiger partial charge is 0.497 e. The number of hydrogen-bond acceptors (Lipinski definition) is 4. The zero-order valence-corrected chi connectivity index (χ0v) is 13.4. The van der Waals surface area contributed by atoms with Gasteiger partial charge in [0.05, 0.1) is 19.8 Å². The Kier molecular flexibility index (Phi) is 5.34. The number of aliphatic hydroxyl groups excluding tert-OH is 1. The number of benzene rings is 1. The molecule has 4 nitrogen and oxygen atoms in total. The van der Waals surface area contributed by atoms with Crippen molar-refractivity contribution in [2.45, 2.75) is 44.2 Å². The summed E-state index contributed by atoms with van der Waals surface area (Å²) in [5.74, 6) is 1.67. The van der Waals surface area contributed by atoms with Crippen molar-refractivity contribution >= 4 is 0 Å². The van der Waals surface area contributed by atoms with Crippen molar-refractivity contribution in [1.82, 2.24) is 5.32 Å². The van der Waals surface area contributed by atoms with Gasteiger partial charge in [0.2, 0.25) is 0 Å². The third-order valence-electron chi connectivity index (χ3n) is 4.63. The number of methoxy groups -OCH3 is 1. The molecule has 0 amide bonds. The second-order valence-corrected chi connectivity index (χ2v) is 6.55. The molecule has 22 heavy (non-hydrogen) atoms. The van der Waals surface area contributed by atoms with Crippen molar-refractivity contribution in [2.24, 2.45) is 5.92 Å². The molecule has 4 heteroatoms. The molecule has 0 heterocycles. The number of nitrogens with one attached hydrogen (secondary N) is 1. The van der Waals surface area contributed by atoms with Crippen LogP contribution in [0.3, 0.4) is 0 Å². The van der Waals surface area contributed by atoms with Gasteiger partial charge in [0.25, 0.3) is 0 Å². The third kappa shape index (κ3) is 4.22. The molecule has 0 aromatic heterocycles. The van der Waals surface area contributed by atoms with E-state index in [1.807, 2.05) is 6.07 Å². The average molecular weight is 305 g/mol. The molecule has 1 saturated carbocycles. The summed E-state index contributed by atoms with van der Waals surface area (Å²) < 4.78 is 10.9. The molecule has 2 N–H and O–H groups in total. The van der Waals surface area contributed by atoms with Crippen LogP contribution in [0.25, 0.3) is 0 Å². The zero-order valence-electron chi connectivity index (χ0n) is 13.4. The van der Waals surface area contributed by atoms with Gasteiger partial charge in [-0.15, -0.1) is 0 Å². The average Bonchev–Trinajstić information content (AvgIpc) is 3.36. The fourth-order valence-electron chi connectivity index (χ4n) is 3.12. The molecule has 1 aromatic carbocycles. The fourth-order valence-corrected chi connectivity index (χ4v) is 3.12. The van der Waals surface area contributed by atoms with E-state index in [0.717, 1.165) is 31.1 Å². The Balaban J connectivity index is 1.48. The van der Waals surface area contributed by atoms with Crippen molar-refractivity contribution < 1.29 is 14.6 Å². The molecule has 0 radical (unpaired) electrons. The van der Waals surface area contributed by atoms with E-state index in [1.54, 1.807) is 7.11 Å². The molecule has 2 aliphatic carbocycles. The van der Waals surface area contributed by atoms with Gasteiger partial charge in [0.1, 0.15) is 5.75 Å². The lowest BCUT2D eigenvalue weighted by Crippen LogP contribution is -2.34. The van der Waals surface area contributed by atoms with Crippen molar-refractivity contribution in [3.05, 3.63) is 29.3 Å². The number of hydrogen-bond donors (Lipinski definition) is 2. The minimum atomic E-state index is -0.428. The predicted molar refractivity (Wildman–Crippen MR) is 86.2 cm³/mol. The van der Waals surface area contributed by atoms with Crippen LogP contribution < -0.4 is 10.1 Å². The summed E-state index contributed by atoms with van der Waals surface area (Å²) in [5, 5.41) is 13.5. The smallest absolute Gasteiger partial charge is 0.119 e. The van der Waals surface area contributed by atoms with Crippen LogP contribution in [-0.4, -0.2) is 38.1 Å². The highest BCUT2D eigenvalue weighted by Crippen LogP contribution is 2.32. The van der Waals surface area contributed by atoms with E-state index in [9.17, 15) is 5.11 Å². The van der Waals surface area contributed by atoms with Gasteiger partial charge in [-0.1, -0.05) is 6.07 Å². The molecular weight excluding hydrogens is 278 g/mol. The first-order chi connectivity index (χ1) is 10.8. The maximum absolute atomic E-state index is 10.0. The van der Waals surface area contributed by atoms with Gasteiger partial charge in [-0.3, -0.25) is 0 Å². The normalized spacial score (nSPS) is 22.2. The molecule has 2 atom stereocenters. The summed E-state index contributed by atoms with van der Waals surface area (Å²) in [4.78, 5) is 0. The van der Waals surface area contributed by atoms with Gasteiger partial charge in [-0.2, -0.15) is 0 Å². The maximum Gasteiger partial charge on any atom is 0.119 e. The van der Waals surface area contributed by atoms with E-state index < -0.39 is 6.10 Å². The van der Waals surface area contributed by atoms with Crippen LogP contribution in [0.4, 0.5) is 0 Å². The minimum Gasteiger partial charge on any atom is -0.497 e. The molecule has 0 spiro atoms. The highest BCUT2D eigenvalue weighted by atomic mass is 16.5. The van der Waals surface area contributed by atoms with Gasteiger partial charge in [0.15, 0.2) is 0 Å². The monoisotopic (exact) mass is 305 g/mol. The van der Waals surface area contributed by atoms with Crippen LogP contribution >= 0.6 is 0 Å². The van der Waals surface area contributed by atoms with Gasteiger partial charge in [0, 0.05) is 19.2 Å². The number of fused-ring (bicyclic) bond motifs is 1. The second-order valence-electron chi connectivity index (χ2n) is 6.55. The van der Waals surface area contributed by atoms with Gasteiger partial charge in [-0.05, 0) is 61.3 Å². The molecule has 1 fully saturated rings. The first-order valence-corrected chi connectivity index (χ1v) is 8.42. The van der Waals surface area contributed by atoms with Gasteiger partial charge < -0.3 is 19.9 Å². The molecule has 2 aliphatic rings. The van der Waals surface area contributed by atoms with E-state index in [4.69, 9.17) is 9.47 Å². The van der Waals surface area contributed by atoms with Crippen molar-refractivity contribution in [3.8, 4) is 5.75 Å². The first kappa shape index (κ1) is 15.8. The van der Waals surface area contributed by atoms with Crippen LogP contribution in [0.2, 0.25) is 0 Å². The summed E-state index contributed by atoms with van der Waals surface area (Å²) in [6.07, 6.45) is 5.55. The Hall–Kier alpha value is -1.10. The quantitative estimate of drug-likeness (QED) is 0.774. The Morgan fingerprint density at radius 2 is 2.18 bits per heavy atom. The molecule has 2 unspecified atom stereocenters. The van der Waals surface area contributed by atoms with Crippen LogP contribution in [0, 0.1) is 5.92 Å². The van der Waals surface area contributed by atoms with Crippen molar-refractivity contribution in [1.29, 1.82) is 0 Å². The summed E-state index contributed by atoms with van der Waals surface area (Å²) in [5.41, 5.74) is 2.71. The lowest BCUT2D eigenvalue weighted by molar-refractivity contribution is 0.0310. The third-order valence-corrected chi connectivity index (χ3v) is 4.63. The Labute approximate surface area is 132 Å². The summed E-state index contributed by atoms with van der Waals surface area (Å²) >= 11 is 0. The lowest BCUT2D eigenvalue weighted by atomic mass is 9.87.